The molecule has 104 valence electrons. The average Bonchev–Trinajstić information content (AvgIpc) is 2.07. The molecule has 0 saturated carbocycles. The van der Waals surface area contributed by atoms with Gasteiger partial charge in [-0.3, -0.25) is 0 Å². The predicted molar refractivity (Wildman–Crippen MR) is 72.4 cm³/mol. The van der Waals surface area contributed by atoms with Gasteiger partial charge in [-0.15, -0.1) is 12.4 Å². The highest BCUT2D eigenvalue weighted by atomic mass is 35.5. The Bertz CT molecular complexity index is 343. The quantitative estimate of drug-likeness (QED) is 0.802. The van der Waals surface area contributed by atoms with Gasteiger partial charge in [-0.05, 0) is 25.7 Å². The van der Waals surface area contributed by atoms with Crippen molar-refractivity contribution in [3.8, 4) is 0 Å². The number of halogens is 1. The fraction of sp³-hybridized carbons (Fsp3) is 1.00. The smallest absolute Gasteiger partial charge is 0.279 e. The molecule has 5 nitrogen and oxygen atoms in total. The van der Waals surface area contributed by atoms with Crippen molar-refractivity contribution in [2.24, 2.45) is 11.1 Å². The molecule has 0 aromatic heterocycles. The van der Waals surface area contributed by atoms with E-state index in [9.17, 15) is 8.42 Å². The summed E-state index contributed by atoms with van der Waals surface area (Å²) in [4.78, 5) is 0. The third kappa shape index (κ3) is 4.37. The standard InChI is InChI=1S/C10H23N3O2S.ClH/c1-8(2)12-16(14,15)13-6-5-9(11)10(3,4)7-13;/h8-9,12H,5-7,11H2,1-4H3;1H. The Morgan fingerprint density at radius 2 is 1.94 bits per heavy atom. The SMILES string of the molecule is CC(C)NS(=O)(=O)N1CCC(N)C(C)(C)C1.Cl. The zero-order chi connectivity index (χ0) is 12.6. The molecule has 1 heterocycles. The highest BCUT2D eigenvalue weighted by Crippen LogP contribution is 2.28. The van der Waals surface area contributed by atoms with E-state index >= 15 is 0 Å². The molecule has 0 spiro atoms. The van der Waals surface area contributed by atoms with Crippen LogP contribution >= 0.6 is 12.4 Å². The molecule has 17 heavy (non-hydrogen) atoms. The molecule has 0 bridgehead atoms. The Labute approximate surface area is 111 Å². The number of hydrogen-bond donors (Lipinski definition) is 2. The van der Waals surface area contributed by atoms with Crippen molar-refractivity contribution in [2.45, 2.75) is 46.2 Å². The lowest BCUT2D eigenvalue weighted by Crippen LogP contribution is -2.56. The minimum absolute atomic E-state index is 0. The Kier molecular flexibility index (Phi) is 5.88. The van der Waals surface area contributed by atoms with E-state index in [-0.39, 0.29) is 29.9 Å². The summed E-state index contributed by atoms with van der Waals surface area (Å²) in [6, 6.07) is -0.0123. The Morgan fingerprint density at radius 1 is 1.41 bits per heavy atom. The molecule has 1 aliphatic rings. The lowest BCUT2D eigenvalue weighted by Gasteiger charge is -2.41. The maximum Gasteiger partial charge on any atom is 0.279 e. The number of nitrogens with one attached hydrogen (secondary N) is 1. The summed E-state index contributed by atoms with van der Waals surface area (Å²) in [6.45, 7) is 8.64. The van der Waals surface area contributed by atoms with Crippen molar-refractivity contribution >= 4 is 22.6 Å². The van der Waals surface area contributed by atoms with Gasteiger partial charge in [-0.2, -0.15) is 17.4 Å². The molecular formula is C10H24ClN3O2S. The maximum atomic E-state index is 12.0. The molecule has 1 rings (SSSR count). The van der Waals surface area contributed by atoms with Crippen LogP contribution in [0, 0.1) is 5.41 Å². The predicted octanol–water partition coefficient (Wildman–Crippen LogP) is 0.710. The van der Waals surface area contributed by atoms with E-state index in [1.807, 2.05) is 27.7 Å². The fourth-order valence-electron chi connectivity index (χ4n) is 1.90. The van der Waals surface area contributed by atoms with Crippen LogP contribution in [0.5, 0.6) is 0 Å². The molecule has 1 aliphatic heterocycles. The molecule has 0 amide bonds. The minimum Gasteiger partial charge on any atom is -0.327 e. The first-order chi connectivity index (χ1) is 7.15. The van der Waals surface area contributed by atoms with Gasteiger partial charge in [0.25, 0.3) is 10.2 Å². The van der Waals surface area contributed by atoms with Gasteiger partial charge < -0.3 is 5.73 Å². The van der Waals surface area contributed by atoms with E-state index in [4.69, 9.17) is 5.73 Å². The summed E-state index contributed by atoms with van der Waals surface area (Å²) in [5.74, 6) is 0. The van der Waals surface area contributed by atoms with Gasteiger partial charge in [0.1, 0.15) is 0 Å². The highest BCUT2D eigenvalue weighted by molar-refractivity contribution is 7.87. The second-order valence-corrected chi connectivity index (χ2v) is 7.20. The van der Waals surface area contributed by atoms with Crippen molar-refractivity contribution < 1.29 is 8.42 Å². The van der Waals surface area contributed by atoms with Crippen LogP contribution in [0.15, 0.2) is 0 Å². The van der Waals surface area contributed by atoms with Crippen molar-refractivity contribution in [1.29, 1.82) is 0 Å². The number of piperidine rings is 1. The van der Waals surface area contributed by atoms with E-state index in [1.165, 1.54) is 4.31 Å². The summed E-state index contributed by atoms with van der Waals surface area (Å²) in [5, 5.41) is 0. The number of hydrogen-bond acceptors (Lipinski definition) is 3. The van der Waals surface area contributed by atoms with E-state index in [0.29, 0.717) is 19.5 Å². The zero-order valence-corrected chi connectivity index (χ0v) is 12.6. The molecule has 1 fully saturated rings. The molecule has 1 atom stereocenters. The minimum atomic E-state index is -3.35. The summed E-state index contributed by atoms with van der Waals surface area (Å²) in [7, 11) is -3.35. The summed E-state index contributed by atoms with van der Waals surface area (Å²) < 4.78 is 28.0. The lowest BCUT2D eigenvalue weighted by atomic mass is 9.81. The molecule has 1 unspecified atom stereocenters. The molecule has 0 aromatic carbocycles. The summed E-state index contributed by atoms with van der Waals surface area (Å²) >= 11 is 0. The lowest BCUT2D eigenvalue weighted by molar-refractivity contribution is 0.154. The monoisotopic (exact) mass is 285 g/mol. The van der Waals surface area contributed by atoms with E-state index in [2.05, 4.69) is 4.72 Å². The molecule has 7 heteroatoms. The molecule has 0 aromatic rings. The van der Waals surface area contributed by atoms with Crippen LogP contribution in [0.25, 0.3) is 0 Å². The van der Waals surface area contributed by atoms with Crippen molar-refractivity contribution in [1.82, 2.24) is 9.03 Å². The van der Waals surface area contributed by atoms with Crippen LogP contribution in [0.2, 0.25) is 0 Å². The molecule has 1 saturated heterocycles. The largest absolute Gasteiger partial charge is 0.327 e. The Morgan fingerprint density at radius 3 is 2.35 bits per heavy atom. The number of nitrogens with zero attached hydrogens (tertiary/aromatic N) is 1. The van der Waals surface area contributed by atoms with Gasteiger partial charge in [-0.1, -0.05) is 13.8 Å². The van der Waals surface area contributed by atoms with Gasteiger partial charge in [0.05, 0.1) is 0 Å². The van der Waals surface area contributed by atoms with Gasteiger partial charge >= 0.3 is 0 Å². The van der Waals surface area contributed by atoms with Crippen LogP contribution in [-0.2, 0) is 10.2 Å². The highest BCUT2D eigenvalue weighted by Gasteiger charge is 2.38. The fourth-order valence-corrected chi connectivity index (χ4v) is 3.50. The molecule has 0 radical (unpaired) electrons. The topological polar surface area (TPSA) is 75.4 Å². The van der Waals surface area contributed by atoms with Crippen molar-refractivity contribution in [3.05, 3.63) is 0 Å². The Hall–Kier alpha value is 0.120. The first-order valence-electron chi connectivity index (χ1n) is 5.68. The Balaban J connectivity index is 0.00000256. The van der Waals surface area contributed by atoms with Crippen LogP contribution in [0.4, 0.5) is 0 Å². The summed E-state index contributed by atoms with van der Waals surface area (Å²) in [6.07, 6.45) is 0.714. The second-order valence-electron chi connectivity index (χ2n) is 5.49. The van der Waals surface area contributed by atoms with E-state index in [1.54, 1.807) is 0 Å². The normalized spacial score (nSPS) is 25.6. The van der Waals surface area contributed by atoms with Gasteiger partial charge in [0.2, 0.25) is 0 Å². The first kappa shape index (κ1) is 17.1. The van der Waals surface area contributed by atoms with Crippen molar-refractivity contribution in [2.75, 3.05) is 13.1 Å². The van der Waals surface area contributed by atoms with Crippen LogP contribution < -0.4 is 10.5 Å². The van der Waals surface area contributed by atoms with Crippen molar-refractivity contribution in [3.63, 3.8) is 0 Å². The first-order valence-corrected chi connectivity index (χ1v) is 7.12. The molecule has 3 N–H and O–H groups in total. The summed E-state index contributed by atoms with van der Waals surface area (Å²) in [5.41, 5.74) is 5.81. The zero-order valence-electron chi connectivity index (χ0n) is 10.9. The van der Waals surface area contributed by atoms with Crippen LogP contribution in [0.1, 0.15) is 34.1 Å². The number of rotatable bonds is 3. The van der Waals surface area contributed by atoms with Gasteiger partial charge in [-0.25, -0.2) is 0 Å². The average molecular weight is 286 g/mol. The van der Waals surface area contributed by atoms with E-state index < -0.39 is 10.2 Å². The third-order valence-electron chi connectivity index (χ3n) is 3.00. The maximum absolute atomic E-state index is 12.0. The third-order valence-corrected chi connectivity index (χ3v) is 4.76. The van der Waals surface area contributed by atoms with Gasteiger partial charge in [0, 0.05) is 25.2 Å². The van der Waals surface area contributed by atoms with E-state index in [0.717, 1.165) is 0 Å². The van der Waals surface area contributed by atoms with Gasteiger partial charge in [0.15, 0.2) is 0 Å². The number of nitrogens with two attached hydrogens (primary N) is 1. The second kappa shape index (κ2) is 5.84. The van der Waals surface area contributed by atoms with Crippen LogP contribution in [0.3, 0.4) is 0 Å². The molecule has 0 aliphatic carbocycles. The molecular weight excluding hydrogens is 262 g/mol. The van der Waals surface area contributed by atoms with Crippen LogP contribution in [-0.4, -0.2) is 37.9 Å².